The van der Waals surface area contributed by atoms with Crippen molar-refractivity contribution in [3.63, 3.8) is 0 Å². The average Bonchev–Trinajstić information content (AvgIpc) is 2.87. The zero-order chi connectivity index (χ0) is 15.4. The van der Waals surface area contributed by atoms with Crippen molar-refractivity contribution in [2.45, 2.75) is 19.5 Å². The molecular weight excluding hydrogens is 266 g/mol. The molecule has 0 saturated carbocycles. The number of pyridine rings is 1. The summed E-state index contributed by atoms with van der Waals surface area (Å²) in [6, 6.07) is 3.59. The number of methoxy groups -OCH3 is 1. The highest BCUT2D eigenvalue weighted by molar-refractivity contribution is 5.37. The van der Waals surface area contributed by atoms with Gasteiger partial charge in [-0.15, -0.1) is 0 Å². The van der Waals surface area contributed by atoms with Crippen LogP contribution in [0.2, 0.25) is 0 Å². The van der Waals surface area contributed by atoms with Crippen molar-refractivity contribution < 1.29 is 4.74 Å². The molecule has 1 atom stereocenters. The Hall–Kier alpha value is -1.92. The maximum atomic E-state index is 6.45. The van der Waals surface area contributed by atoms with E-state index in [0.717, 1.165) is 30.0 Å². The molecule has 0 bridgehead atoms. The minimum Gasteiger partial charge on any atom is -0.493 e. The molecular formula is C15H23N5O. The molecule has 114 valence electrons. The van der Waals surface area contributed by atoms with Crippen LogP contribution in [-0.2, 0) is 6.54 Å². The molecule has 2 N–H and O–H groups in total. The SMILES string of the molecule is COc1cnn(CCN(C)C)c1C(N)c1cccnc1C. The Balaban J connectivity index is 2.36. The summed E-state index contributed by atoms with van der Waals surface area (Å²) in [5.41, 5.74) is 9.25. The highest BCUT2D eigenvalue weighted by atomic mass is 16.5. The molecule has 0 aliphatic heterocycles. The number of aryl methyl sites for hydroxylation is 1. The van der Waals surface area contributed by atoms with Gasteiger partial charge in [0.25, 0.3) is 0 Å². The van der Waals surface area contributed by atoms with E-state index in [4.69, 9.17) is 10.5 Å². The van der Waals surface area contributed by atoms with Crippen LogP contribution in [0.5, 0.6) is 5.75 Å². The average molecular weight is 289 g/mol. The molecule has 0 saturated heterocycles. The van der Waals surface area contributed by atoms with Gasteiger partial charge in [0.1, 0.15) is 5.69 Å². The van der Waals surface area contributed by atoms with Gasteiger partial charge >= 0.3 is 0 Å². The number of nitrogens with zero attached hydrogens (tertiary/aromatic N) is 4. The molecule has 0 aliphatic carbocycles. The third-order valence-corrected chi connectivity index (χ3v) is 3.50. The molecule has 6 nitrogen and oxygen atoms in total. The van der Waals surface area contributed by atoms with Crippen LogP contribution in [0, 0.1) is 6.92 Å². The fourth-order valence-electron chi connectivity index (χ4n) is 2.29. The van der Waals surface area contributed by atoms with Crippen LogP contribution < -0.4 is 10.5 Å². The molecule has 2 heterocycles. The maximum Gasteiger partial charge on any atom is 0.161 e. The van der Waals surface area contributed by atoms with Gasteiger partial charge in [-0.25, -0.2) is 0 Å². The lowest BCUT2D eigenvalue weighted by Gasteiger charge is -2.18. The summed E-state index contributed by atoms with van der Waals surface area (Å²) in [6.07, 6.45) is 3.49. The zero-order valence-corrected chi connectivity index (χ0v) is 13.1. The number of likely N-dealkylation sites (N-methyl/N-ethyl adjacent to an activating group) is 1. The minimum absolute atomic E-state index is 0.307. The Kier molecular flexibility index (Phi) is 4.93. The molecule has 0 aliphatic rings. The quantitative estimate of drug-likeness (QED) is 0.865. The Morgan fingerprint density at radius 3 is 2.81 bits per heavy atom. The molecule has 0 amide bonds. The minimum atomic E-state index is -0.307. The number of hydrogen-bond acceptors (Lipinski definition) is 5. The number of hydrogen-bond donors (Lipinski definition) is 1. The summed E-state index contributed by atoms with van der Waals surface area (Å²) in [5, 5.41) is 4.40. The monoisotopic (exact) mass is 289 g/mol. The molecule has 2 aromatic rings. The smallest absolute Gasteiger partial charge is 0.161 e. The molecule has 21 heavy (non-hydrogen) atoms. The fourth-order valence-corrected chi connectivity index (χ4v) is 2.29. The lowest BCUT2D eigenvalue weighted by molar-refractivity contribution is 0.363. The number of rotatable bonds is 6. The second-order valence-electron chi connectivity index (χ2n) is 5.28. The van der Waals surface area contributed by atoms with Gasteiger partial charge < -0.3 is 15.4 Å². The van der Waals surface area contributed by atoms with Crippen LogP contribution in [-0.4, -0.2) is 47.4 Å². The number of ether oxygens (including phenoxy) is 1. The van der Waals surface area contributed by atoms with Crippen molar-refractivity contribution in [2.75, 3.05) is 27.7 Å². The van der Waals surface area contributed by atoms with Crippen molar-refractivity contribution in [2.24, 2.45) is 5.73 Å². The summed E-state index contributed by atoms with van der Waals surface area (Å²) >= 11 is 0. The largest absolute Gasteiger partial charge is 0.493 e. The van der Waals surface area contributed by atoms with Crippen molar-refractivity contribution in [3.05, 3.63) is 41.5 Å². The Bertz CT molecular complexity index is 593. The molecule has 1 unspecified atom stereocenters. The van der Waals surface area contributed by atoms with Gasteiger partial charge in [0.15, 0.2) is 5.75 Å². The number of nitrogens with two attached hydrogens (primary N) is 1. The summed E-state index contributed by atoms with van der Waals surface area (Å²) < 4.78 is 7.33. The van der Waals surface area contributed by atoms with Crippen LogP contribution in [0.4, 0.5) is 0 Å². The van der Waals surface area contributed by atoms with Gasteiger partial charge in [0.05, 0.1) is 25.9 Å². The van der Waals surface area contributed by atoms with Crippen molar-refractivity contribution in [3.8, 4) is 5.75 Å². The lowest BCUT2D eigenvalue weighted by Crippen LogP contribution is -2.24. The molecule has 0 spiro atoms. The summed E-state index contributed by atoms with van der Waals surface area (Å²) in [6.45, 7) is 3.61. The summed E-state index contributed by atoms with van der Waals surface area (Å²) in [4.78, 5) is 6.42. The summed E-state index contributed by atoms with van der Waals surface area (Å²) in [7, 11) is 5.71. The predicted molar refractivity (Wildman–Crippen MR) is 82.3 cm³/mol. The van der Waals surface area contributed by atoms with Crippen LogP contribution in [0.1, 0.15) is 23.0 Å². The zero-order valence-electron chi connectivity index (χ0n) is 13.1. The highest BCUT2D eigenvalue weighted by Gasteiger charge is 2.21. The maximum absolute atomic E-state index is 6.45. The van der Waals surface area contributed by atoms with E-state index in [-0.39, 0.29) is 6.04 Å². The second-order valence-corrected chi connectivity index (χ2v) is 5.28. The fraction of sp³-hybridized carbons (Fsp3) is 0.467. The van der Waals surface area contributed by atoms with E-state index in [0.29, 0.717) is 5.75 Å². The molecule has 0 aromatic carbocycles. The van der Waals surface area contributed by atoms with Gasteiger partial charge in [-0.2, -0.15) is 5.10 Å². The molecule has 0 fully saturated rings. The molecule has 0 radical (unpaired) electrons. The predicted octanol–water partition coefficient (Wildman–Crippen LogP) is 1.20. The van der Waals surface area contributed by atoms with Crippen molar-refractivity contribution in [1.29, 1.82) is 0 Å². The number of aromatic nitrogens is 3. The summed E-state index contributed by atoms with van der Waals surface area (Å²) in [5.74, 6) is 0.713. The highest BCUT2D eigenvalue weighted by Crippen LogP contribution is 2.29. The normalized spacial score (nSPS) is 12.7. The van der Waals surface area contributed by atoms with E-state index in [9.17, 15) is 0 Å². The van der Waals surface area contributed by atoms with Gasteiger partial charge in [-0.1, -0.05) is 6.07 Å². The Morgan fingerprint density at radius 2 is 2.19 bits per heavy atom. The first-order chi connectivity index (χ1) is 10.0. The Morgan fingerprint density at radius 1 is 1.43 bits per heavy atom. The third kappa shape index (κ3) is 3.40. The van der Waals surface area contributed by atoms with E-state index < -0.39 is 0 Å². The first-order valence-electron chi connectivity index (χ1n) is 6.96. The van der Waals surface area contributed by atoms with E-state index in [2.05, 4.69) is 15.0 Å². The lowest BCUT2D eigenvalue weighted by atomic mass is 10.0. The van der Waals surface area contributed by atoms with Crippen LogP contribution >= 0.6 is 0 Å². The van der Waals surface area contributed by atoms with Gasteiger partial charge in [-0.05, 0) is 32.6 Å². The first kappa shape index (κ1) is 15.5. The first-order valence-corrected chi connectivity index (χ1v) is 6.96. The van der Waals surface area contributed by atoms with E-state index in [1.165, 1.54) is 0 Å². The molecule has 6 heteroatoms. The van der Waals surface area contributed by atoms with Crippen molar-refractivity contribution >= 4 is 0 Å². The third-order valence-electron chi connectivity index (χ3n) is 3.50. The molecule has 2 aromatic heterocycles. The standard InChI is InChI=1S/C15H23N5O/c1-11-12(6-5-7-17-11)14(16)15-13(21-4)10-18-20(15)9-8-19(2)3/h5-7,10,14H,8-9,16H2,1-4H3. The molecule has 2 rings (SSSR count). The van der Waals surface area contributed by atoms with Crippen LogP contribution in [0.3, 0.4) is 0 Å². The van der Waals surface area contributed by atoms with Gasteiger partial charge in [-0.3, -0.25) is 9.67 Å². The second kappa shape index (κ2) is 6.69. The van der Waals surface area contributed by atoms with Gasteiger partial charge in [0.2, 0.25) is 0 Å². The van der Waals surface area contributed by atoms with E-state index in [1.807, 2.05) is 37.8 Å². The van der Waals surface area contributed by atoms with Crippen LogP contribution in [0.15, 0.2) is 24.5 Å². The Labute approximate surface area is 125 Å². The van der Waals surface area contributed by atoms with Crippen LogP contribution in [0.25, 0.3) is 0 Å². The van der Waals surface area contributed by atoms with E-state index in [1.54, 1.807) is 19.5 Å². The van der Waals surface area contributed by atoms with Crippen molar-refractivity contribution in [1.82, 2.24) is 19.7 Å². The van der Waals surface area contributed by atoms with Gasteiger partial charge in [0, 0.05) is 18.4 Å². The van der Waals surface area contributed by atoms with E-state index >= 15 is 0 Å². The topological polar surface area (TPSA) is 69.2 Å².